The molecule has 1 N–H and O–H groups in total. The molecule has 0 amide bonds. The van der Waals surface area contributed by atoms with Crippen molar-refractivity contribution in [2.75, 3.05) is 23.9 Å². The van der Waals surface area contributed by atoms with Crippen LogP contribution in [0, 0.1) is 3.57 Å². The van der Waals surface area contributed by atoms with Crippen molar-refractivity contribution in [1.29, 1.82) is 0 Å². The average Bonchev–Trinajstić information content (AvgIpc) is 2.15. The number of thioether (sulfide) groups is 1. The highest BCUT2D eigenvalue weighted by Crippen LogP contribution is 2.03. The zero-order valence-electron chi connectivity index (χ0n) is 7.46. The van der Waals surface area contributed by atoms with E-state index in [1.165, 1.54) is 5.75 Å². The summed E-state index contributed by atoms with van der Waals surface area (Å²) in [4.78, 5) is 8.28. The van der Waals surface area contributed by atoms with Gasteiger partial charge < -0.3 is 5.32 Å². The van der Waals surface area contributed by atoms with Gasteiger partial charge in [0.2, 0.25) is 5.95 Å². The van der Waals surface area contributed by atoms with Crippen LogP contribution in [0.4, 0.5) is 5.95 Å². The van der Waals surface area contributed by atoms with E-state index in [0.717, 1.165) is 22.5 Å². The van der Waals surface area contributed by atoms with Gasteiger partial charge >= 0.3 is 0 Å². The average molecular weight is 309 g/mol. The number of anilines is 1. The molecule has 0 aliphatic carbocycles. The summed E-state index contributed by atoms with van der Waals surface area (Å²) in [5.74, 6) is 1.90. The van der Waals surface area contributed by atoms with Crippen molar-refractivity contribution < 1.29 is 0 Å². The molecule has 72 valence electrons. The van der Waals surface area contributed by atoms with Crippen LogP contribution in [-0.2, 0) is 0 Å². The molecule has 1 aromatic rings. The minimum atomic E-state index is 0.724. The van der Waals surface area contributed by atoms with Crippen LogP contribution in [0.25, 0.3) is 0 Å². The maximum atomic E-state index is 4.14. The fourth-order valence-electron chi connectivity index (χ4n) is 0.820. The number of hydrogen-bond donors (Lipinski definition) is 1. The number of hydrogen-bond acceptors (Lipinski definition) is 4. The molecule has 0 aromatic carbocycles. The molecule has 0 saturated carbocycles. The highest BCUT2D eigenvalue weighted by atomic mass is 127. The first-order valence-electron chi connectivity index (χ1n) is 4.03. The van der Waals surface area contributed by atoms with E-state index >= 15 is 0 Å². The molecular formula is C8H12IN3S. The van der Waals surface area contributed by atoms with E-state index in [9.17, 15) is 0 Å². The fourth-order valence-corrected chi connectivity index (χ4v) is 1.53. The summed E-state index contributed by atoms with van der Waals surface area (Å²) >= 11 is 4.05. The minimum Gasteiger partial charge on any atom is -0.354 e. The predicted octanol–water partition coefficient (Wildman–Crippen LogP) is 2.25. The first kappa shape index (κ1) is 11.0. The van der Waals surface area contributed by atoms with Gasteiger partial charge in [-0.25, -0.2) is 9.97 Å². The van der Waals surface area contributed by atoms with E-state index < -0.39 is 0 Å². The second-order valence-corrected chi connectivity index (χ2v) is 4.73. The standard InChI is InChI=1S/C8H12IN3S/c1-13-4-2-3-10-8-11-5-7(9)6-12-8/h5-6H,2-4H2,1H3,(H,10,11,12). The van der Waals surface area contributed by atoms with Crippen LogP contribution in [0.3, 0.4) is 0 Å². The Kier molecular flexibility index (Phi) is 5.45. The van der Waals surface area contributed by atoms with Gasteiger partial charge in [0.15, 0.2) is 0 Å². The number of halogens is 1. The quantitative estimate of drug-likeness (QED) is 0.669. The Morgan fingerprint density at radius 1 is 1.46 bits per heavy atom. The van der Waals surface area contributed by atoms with E-state index in [1.807, 2.05) is 24.2 Å². The summed E-state index contributed by atoms with van der Waals surface area (Å²) in [6, 6.07) is 0. The molecule has 0 fully saturated rings. The van der Waals surface area contributed by atoms with Crippen LogP contribution in [0.5, 0.6) is 0 Å². The highest BCUT2D eigenvalue weighted by Gasteiger charge is 1.93. The second-order valence-electron chi connectivity index (χ2n) is 2.50. The van der Waals surface area contributed by atoms with Gasteiger partial charge in [0.05, 0.1) is 0 Å². The van der Waals surface area contributed by atoms with Gasteiger partial charge in [-0.2, -0.15) is 11.8 Å². The van der Waals surface area contributed by atoms with Gasteiger partial charge in [0.25, 0.3) is 0 Å². The van der Waals surface area contributed by atoms with Crippen LogP contribution in [-0.4, -0.2) is 28.5 Å². The number of rotatable bonds is 5. The summed E-state index contributed by atoms with van der Waals surface area (Å²) in [5.41, 5.74) is 0. The number of nitrogens with zero attached hydrogens (tertiary/aromatic N) is 2. The third-order valence-electron chi connectivity index (χ3n) is 1.43. The summed E-state index contributed by atoms with van der Waals surface area (Å²) < 4.78 is 1.06. The molecule has 1 aromatic heterocycles. The molecular weight excluding hydrogens is 297 g/mol. The van der Waals surface area contributed by atoms with Crippen molar-refractivity contribution in [2.45, 2.75) is 6.42 Å². The third-order valence-corrected chi connectivity index (χ3v) is 2.68. The van der Waals surface area contributed by atoms with Gasteiger partial charge in [-0.05, 0) is 41.0 Å². The maximum absolute atomic E-state index is 4.14. The first-order chi connectivity index (χ1) is 6.33. The Hall–Kier alpha value is -0.0400. The Morgan fingerprint density at radius 2 is 2.15 bits per heavy atom. The highest BCUT2D eigenvalue weighted by molar-refractivity contribution is 14.1. The minimum absolute atomic E-state index is 0.724. The molecule has 5 heteroatoms. The molecule has 0 radical (unpaired) electrons. The van der Waals surface area contributed by atoms with E-state index in [-0.39, 0.29) is 0 Å². The third kappa shape index (κ3) is 4.66. The largest absolute Gasteiger partial charge is 0.354 e. The van der Waals surface area contributed by atoms with E-state index in [2.05, 4.69) is 44.1 Å². The summed E-state index contributed by atoms with van der Waals surface area (Å²) in [7, 11) is 0. The molecule has 0 aliphatic heterocycles. The monoisotopic (exact) mass is 309 g/mol. The molecule has 0 bridgehead atoms. The van der Waals surface area contributed by atoms with E-state index in [0.29, 0.717) is 0 Å². The summed E-state index contributed by atoms with van der Waals surface area (Å²) in [5, 5.41) is 3.17. The van der Waals surface area contributed by atoms with Crippen LogP contribution >= 0.6 is 34.4 Å². The van der Waals surface area contributed by atoms with Crippen LogP contribution < -0.4 is 5.32 Å². The van der Waals surface area contributed by atoms with Crippen molar-refractivity contribution >= 4 is 40.3 Å². The topological polar surface area (TPSA) is 37.8 Å². The molecule has 0 aliphatic rings. The molecule has 3 nitrogen and oxygen atoms in total. The van der Waals surface area contributed by atoms with Gasteiger partial charge in [0, 0.05) is 22.5 Å². The lowest BCUT2D eigenvalue weighted by atomic mass is 10.5. The molecule has 0 atom stereocenters. The lowest BCUT2D eigenvalue weighted by Gasteiger charge is -2.02. The zero-order valence-corrected chi connectivity index (χ0v) is 10.4. The van der Waals surface area contributed by atoms with Crippen LogP contribution in [0.2, 0.25) is 0 Å². The van der Waals surface area contributed by atoms with Crippen molar-refractivity contribution in [3.8, 4) is 0 Å². The number of nitrogens with one attached hydrogen (secondary N) is 1. The Labute approximate surface area is 96.3 Å². The van der Waals surface area contributed by atoms with Gasteiger partial charge in [-0.3, -0.25) is 0 Å². The SMILES string of the molecule is CSCCCNc1ncc(I)cn1. The fraction of sp³-hybridized carbons (Fsp3) is 0.500. The molecule has 1 heterocycles. The van der Waals surface area contributed by atoms with Gasteiger partial charge in [-0.15, -0.1) is 0 Å². The zero-order chi connectivity index (χ0) is 9.52. The normalized spacial score (nSPS) is 10.0. The van der Waals surface area contributed by atoms with E-state index in [1.54, 1.807) is 0 Å². The number of aromatic nitrogens is 2. The molecule has 13 heavy (non-hydrogen) atoms. The smallest absolute Gasteiger partial charge is 0.222 e. The van der Waals surface area contributed by atoms with Gasteiger partial charge in [0.1, 0.15) is 0 Å². The lowest BCUT2D eigenvalue weighted by molar-refractivity contribution is 0.961. The second kappa shape index (κ2) is 6.42. The van der Waals surface area contributed by atoms with Gasteiger partial charge in [-0.1, -0.05) is 0 Å². The summed E-state index contributed by atoms with van der Waals surface area (Å²) in [6.45, 7) is 0.946. The van der Waals surface area contributed by atoms with E-state index in [4.69, 9.17) is 0 Å². The predicted molar refractivity (Wildman–Crippen MR) is 66.2 cm³/mol. The van der Waals surface area contributed by atoms with Crippen LogP contribution in [0.1, 0.15) is 6.42 Å². The maximum Gasteiger partial charge on any atom is 0.222 e. The lowest BCUT2D eigenvalue weighted by Crippen LogP contribution is -2.05. The van der Waals surface area contributed by atoms with Crippen molar-refractivity contribution in [3.63, 3.8) is 0 Å². The Bertz CT molecular complexity index is 240. The van der Waals surface area contributed by atoms with Crippen molar-refractivity contribution in [3.05, 3.63) is 16.0 Å². The Balaban J connectivity index is 2.25. The molecule has 0 saturated heterocycles. The van der Waals surface area contributed by atoms with Crippen molar-refractivity contribution in [2.24, 2.45) is 0 Å². The van der Waals surface area contributed by atoms with Crippen molar-refractivity contribution in [1.82, 2.24) is 9.97 Å². The van der Waals surface area contributed by atoms with Crippen LogP contribution in [0.15, 0.2) is 12.4 Å². The first-order valence-corrected chi connectivity index (χ1v) is 6.50. The molecule has 1 rings (SSSR count). The molecule has 0 spiro atoms. The summed E-state index contributed by atoms with van der Waals surface area (Å²) in [6.07, 6.45) is 6.88. The Morgan fingerprint density at radius 3 is 2.77 bits per heavy atom. The molecule has 0 unspecified atom stereocenters.